The monoisotopic (exact) mass is 407 g/mol. The molecule has 1 aromatic rings. The number of rotatable bonds is 5. The Kier molecular flexibility index (Phi) is 4.77. The molecule has 1 saturated carbocycles. The van der Waals surface area contributed by atoms with E-state index >= 15 is 0 Å². The van der Waals surface area contributed by atoms with Gasteiger partial charge in [-0.2, -0.15) is 0 Å². The van der Waals surface area contributed by atoms with Gasteiger partial charge in [0.1, 0.15) is 11.9 Å². The van der Waals surface area contributed by atoms with E-state index in [1.54, 1.807) is 6.92 Å². The van der Waals surface area contributed by atoms with Gasteiger partial charge >= 0.3 is 0 Å². The molecular formula is C12H11Br2NO5. The lowest BCUT2D eigenvalue weighted by Crippen LogP contribution is -2.52. The zero-order valence-electron chi connectivity index (χ0n) is 10.5. The minimum absolute atomic E-state index is 0.00556. The van der Waals surface area contributed by atoms with Crippen molar-refractivity contribution in [2.75, 3.05) is 6.61 Å². The molecule has 0 radical (unpaired) electrons. The molecule has 1 fully saturated rings. The Morgan fingerprint density at radius 3 is 2.45 bits per heavy atom. The van der Waals surface area contributed by atoms with E-state index in [0.717, 1.165) is 0 Å². The van der Waals surface area contributed by atoms with Gasteiger partial charge in [0.15, 0.2) is 11.9 Å². The number of ether oxygens (including phenoxy) is 2. The Balaban J connectivity index is 2.18. The lowest BCUT2D eigenvalue weighted by Gasteiger charge is -2.34. The first-order valence-corrected chi connectivity index (χ1v) is 7.47. The van der Waals surface area contributed by atoms with Gasteiger partial charge in [-0.15, -0.1) is 0 Å². The molecule has 0 amide bonds. The van der Waals surface area contributed by atoms with Crippen molar-refractivity contribution in [2.24, 2.45) is 0 Å². The van der Waals surface area contributed by atoms with Crippen molar-refractivity contribution in [3.8, 4) is 5.75 Å². The SMILES string of the molecule is CCOC1C(=O)CC1Oc1c(Br)cc([N+](=O)[O-])cc1Br. The lowest BCUT2D eigenvalue weighted by molar-refractivity contribution is -0.385. The second-order valence-corrected chi connectivity index (χ2v) is 5.91. The van der Waals surface area contributed by atoms with E-state index in [1.807, 2.05) is 0 Å². The second-order valence-electron chi connectivity index (χ2n) is 4.20. The normalized spacial score (nSPS) is 21.4. The molecule has 20 heavy (non-hydrogen) atoms. The van der Waals surface area contributed by atoms with Gasteiger partial charge in [0.2, 0.25) is 0 Å². The number of nitrogens with zero attached hydrogens (tertiary/aromatic N) is 1. The van der Waals surface area contributed by atoms with E-state index in [0.29, 0.717) is 21.3 Å². The zero-order chi connectivity index (χ0) is 14.9. The van der Waals surface area contributed by atoms with Crippen LogP contribution in [0.15, 0.2) is 21.1 Å². The van der Waals surface area contributed by atoms with Gasteiger partial charge in [0.25, 0.3) is 5.69 Å². The molecular weight excluding hydrogens is 398 g/mol. The summed E-state index contributed by atoms with van der Waals surface area (Å²) in [5.74, 6) is 0.434. The fourth-order valence-corrected chi connectivity index (χ4v) is 3.22. The van der Waals surface area contributed by atoms with Gasteiger partial charge in [0.05, 0.1) is 13.9 Å². The standard InChI is InChI=1S/C12H11Br2NO5/c1-2-19-12-9(16)5-10(12)20-11-7(13)3-6(15(17)18)4-8(11)14/h3-4,10,12H,2,5H2,1H3. The van der Waals surface area contributed by atoms with Crippen molar-refractivity contribution < 1.29 is 19.2 Å². The number of ketones is 1. The molecule has 1 aromatic carbocycles. The smallest absolute Gasteiger partial charge is 0.271 e. The second kappa shape index (κ2) is 6.19. The van der Waals surface area contributed by atoms with Crippen molar-refractivity contribution in [3.05, 3.63) is 31.2 Å². The maximum Gasteiger partial charge on any atom is 0.271 e. The molecule has 0 aliphatic heterocycles. The first-order valence-electron chi connectivity index (χ1n) is 5.88. The van der Waals surface area contributed by atoms with Crippen LogP contribution < -0.4 is 4.74 Å². The minimum Gasteiger partial charge on any atom is -0.484 e. The predicted octanol–water partition coefficient (Wildman–Crippen LogP) is 3.25. The molecule has 1 aliphatic rings. The Morgan fingerprint density at radius 1 is 1.40 bits per heavy atom. The molecule has 0 spiro atoms. The van der Waals surface area contributed by atoms with Gasteiger partial charge in [-0.3, -0.25) is 14.9 Å². The molecule has 0 N–H and O–H groups in total. The molecule has 0 heterocycles. The van der Waals surface area contributed by atoms with Crippen LogP contribution in [0.3, 0.4) is 0 Å². The van der Waals surface area contributed by atoms with Crippen LogP contribution in [0.25, 0.3) is 0 Å². The van der Waals surface area contributed by atoms with Crippen LogP contribution >= 0.6 is 31.9 Å². The summed E-state index contributed by atoms with van der Waals surface area (Å²) in [6.45, 7) is 2.24. The van der Waals surface area contributed by atoms with Gasteiger partial charge in [-0.1, -0.05) is 0 Å². The maximum atomic E-state index is 11.4. The third-order valence-electron chi connectivity index (χ3n) is 2.87. The summed E-state index contributed by atoms with van der Waals surface area (Å²) in [5, 5.41) is 10.7. The highest BCUT2D eigenvalue weighted by Crippen LogP contribution is 2.39. The number of carbonyl (C=O) groups excluding carboxylic acids is 1. The molecule has 8 heteroatoms. The van der Waals surface area contributed by atoms with Crippen LogP contribution in [0.1, 0.15) is 13.3 Å². The number of benzene rings is 1. The first kappa shape index (κ1) is 15.4. The number of nitro benzene ring substituents is 1. The summed E-state index contributed by atoms with van der Waals surface area (Å²) in [6.07, 6.45) is -0.647. The Bertz CT molecular complexity index is 540. The van der Waals surface area contributed by atoms with Crippen LogP contribution in [-0.4, -0.2) is 29.5 Å². The van der Waals surface area contributed by atoms with Crippen LogP contribution in [0.4, 0.5) is 5.69 Å². The summed E-state index contributed by atoms with van der Waals surface area (Å²) < 4.78 is 11.9. The summed E-state index contributed by atoms with van der Waals surface area (Å²) in [6, 6.07) is 2.71. The van der Waals surface area contributed by atoms with Gasteiger partial charge in [-0.25, -0.2) is 0 Å². The van der Waals surface area contributed by atoms with Crippen molar-refractivity contribution in [1.29, 1.82) is 0 Å². The Morgan fingerprint density at radius 2 is 2.00 bits per heavy atom. The van der Waals surface area contributed by atoms with Crippen LogP contribution in [0, 0.1) is 10.1 Å². The number of hydrogen-bond donors (Lipinski definition) is 0. The van der Waals surface area contributed by atoms with Crippen molar-refractivity contribution in [1.82, 2.24) is 0 Å². The van der Waals surface area contributed by atoms with E-state index in [2.05, 4.69) is 31.9 Å². The molecule has 2 rings (SSSR count). The summed E-state index contributed by atoms with van der Waals surface area (Å²) in [7, 11) is 0. The number of nitro groups is 1. The number of Topliss-reactive ketones (excluding diaryl/α,β-unsaturated/α-hetero) is 1. The summed E-state index contributed by atoms with van der Waals surface area (Å²) in [4.78, 5) is 21.7. The summed E-state index contributed by atoms with van der Waals surface area (Å²) >= 11 is 6.47. The maximum absolute atomic E-state index is 11.4. The molecule has 0 saturated heterocycles. The van der Waals surface area contributed by atoms with Crippen molar-refractivity contribution >= 4 is 43.3 Å². The van der Waals surface area contributed by atoms with Crippen molar-refractivity contribution in [2.45, 2.75) is 25.6 Å². The number of halogens is 2. The highest BCUT2D eigenvalue weighted by atomic mass is 79.9. The Labute approximate surface area is 131 Å². The fraction of sp³-hybridized carbons (Fsp3) is 0.417. The van der Waals surface area contributed by atoms with Gasteiger partial charge in [0, 0.05) is 25.2 Å². The van der Waals surface area contributed by atoms with Crippen LogP contribution in [0.5, 0.6) is 5.75 Å². The molecule has 0 aromatic heterocycles. The average molecular weight is 409 g/mol. The Hall–Kier alpha value is -0.990. The fourth-order valence-electron chi connectivity index (χ4n) is 1.87. The highest BCUT2D eigenvalue weighted by molar-refractivity contribution is 9.11. The third-order valence-corrected chi connectivity index (χ3v) is 4.04. The van der Waals surface area contributed by atoms with Crippen molar-refractivity contribution in [3.63, 3.8) is 0 Å². The molecule has 2 atom stereocenters. The predicted molar refractivity (Wildman–Crippen MR) is 78.0 cm³/mol. The first-order chi connectivity index (χ1) is 9.43. The molecule has 2 unspecified atom stereocenters. The van der Waals surface area contributed by atoms with E-state index in [1.165, 1.54) is 12.1 Å². The van der Waals surface area contributed by atoms with E-state index in [9.17, 15) is 14.9 Å². The topological polar surface area (TPSA) is 78.7 Å². The lowest BCUT2D eigenvalue weighted by atomic mass is 9.90. The van der Waals surface area contributed by atoms with Gasteiger partial charge in [-0.05, 0) is 38.8 Å². The number of non-ortho nitro benzene ring substituents is 1. The summed E-state index contributed by atoms with van der Waals surface area (Å²) in [5.41, 5.74) is -0.0536. The number of carbonyl (C=O) groups is 1. The molecule has 6 nitrogen and oxygen atoms in total. The minimum atomic E-state index is -0.561. The number of hydrogen-bond acceptors (Lipinski definition) is 5. The van der Waals surface area contributed by atoms with E-state index in [4.69, 9.17) is 9.47 Å². The van der Waals surface area contributed by atoms with E-state index in [-0.39, 0.29) is 24.0 Å². The van der Waals surface area contributed by atoms with Crippen LogP contribution in [-0.2, 0) is 9.53 Å². The molecule has 1 aliphatic carbocycles. The zero-order valence-corrected chi connectivity index (χ0v) is 13.6. The van der Waals surface area contributed by atoms with Gasteiger partial charge < -0.3 is 9.47 Å². The van der Waals surface area contributed by atoms with E-state index < -0.39 is 11.0 Å². The quantitative estimate of drug-likeness (QED) is 0.551. The third kappa shape index (κ3) is 3.02. The van der Waals surface area contributed by atoms with Crippen LogP contribution in [0.2, 0.25) is 0 Å². The average Bonchev–Trinajstić information content (AvgIpc) is 2.38. The largest absolute Gasteiger partial charge is 0.484 e. The molecule has 108 valence electrons. The highest BCUT2D eigenvalue weighted by Gasteiger charge is 2.43. The molecule has 0 bridgehead atoms.